The molecule has 1 aromatic carbocycles. The van der Waals surface area contributed by atoms with E-state index in [1.165, 1.54) is 0 Å². The Morgan fingerprint density at radius 1 is 1.47 bits per heavy atom. The van der Waals surface area contributed by atoms with Gasteiger partial charge in [0.2, 0.25) is 5.91 Å². The van der Waals surface area contributed by atoms with E-state index in [-0.39, 0.29) is 11.8 Å². The van der Waals surface area contributed by atoms with Gasteiger partial charge >= 0.3 is 0 Å². The van der Waals surface area contributed by atoms with Crippen LogP contribution in [0.25, 0.3) is 0 Å². The number of hydrogen-bond donors (Lipinski definition) is 2. The molecule has 0 radical (unpaired) electrons. The van der Waals surface area contributed by atoms with E-state index in [0.29, 0.717) is 5.56 Å². The summed E-state index contributed by atoms with van der Waals surface area (Å²) < 4.78 is 0. The van der Waals surface area contributed by atoms with E-state index in [2.05, 4.69) is 11.4 Å². The number of nitrogens with one attached hydrogen (secondary N) is 1. The van der Waals surface area contributed by atoms with Crippen LogP contribution in [0, 0.1) is 24.2 Å². The van der Waals surface area contributed by atoms with E-state index in [1.807, 2.05) is 26.8 Å². The molecule has 1 atom stereocenters. The minimum atomic E-state index is -0.401. The number of primary amides is 1. The molecule has 0 aliphatic carbocycles. The van der Waals surface area contributed by atoms with E-state index in [0.717, 1.165) is 11.3 Å². The fourth-order valence-electron chi connectivity index (χ4n) is 1.62. The molecule has 90 valence electrons. The molecule has 1 aromatic rings. The monoisotopic (exact) mass is 231 g/mol. The first-order valence-electron chi connectivity index (χ1n) is 5.52. The first-order chi connectivity index (χ1) is 7.95. The van der Waals surface area contributed by atoms with Crippen molar-refractivity contribution in [1.29, 1.82) is 5.26 Å². The van der Waals surface area contributed by atoms with Gasteiger partial charge < -0.3 is 11.1 Å². The standard InChI is InChI=1S/C13H17N3O/c1-8(2)12(13(15)17)16-11-5-4-10(7-14)9(3)6-11/h4-6,8,12,16H,1-3H3,(H2,15,17). The topological polar surface area (TPSA) is 78.9 Å². The highest BCUT2D eigenvalue weighted by Crippen LogP contribution is 2.17. The highest BCUT2D eigenvalue weighted by Gasteiger charge is 2.19. The van der Waals surface area contributed by atoms with Crippen molar-refractivity contribution in [1.82, 2.24) is 0 Å². The Balaban J connectivity index is 2.92. The van der Waals surface area contributed by atoms with Gasteiger partial charge in [-0.15, -0.1) is 0 Å². The quantitative estimate of drug-likeness (QED) is 0.829. The minimum absolute atomic E-state index is 0.114. The van der Waals surface area contributed by atoms with Gasteiger partial charge in [-0.3, -0.25) is 4.79 Å². The van der Waals surface area contributed by atoms with Gasteiger partial charge in [0.15, 0.2) is 0 Å². The van der Waals surface area contributed by atoms with Gasteiger partial charge in [-0.1, -0.05) is 13.8 Å². The van der Waals surface area contributed by atoms with Gasteiger partial charge in [0.25, 0.3) is 0 Å². The van der Waals surface area contributed by atoms with Crippen LogP contribution in [0.4, 0.5) is 5.69 Å². The summed E-state index contributed by atoms with van der Waals surface area (Å²) in [4.78, 5) is 11.3. The van der Waals surface area contributed by atoms with Crippen molar-refractivity contribution in [2.24, 2.45) is 11.7 Å². The average molecular weight is 231 g/mol. The van der Waals surface area contributed by atoms with Gasteiger partial charge in [-0.25, -0.2) is 0 Å². The van der Waals surface area contributed by atoms with Crippen LogP contribution < -0.4 is 11.1 Å². The zero-order chi connectivity index (χ0) is 13.0. The molecule has 0 saturated carbocycles. The molecule has 0 heterocycles. The maximum atomic E-state index is 11.3. The second-order valence-corrected chi connectivity index (χ2v) is 4.41. The average Bonchev–Trinajstić information content (AvgIpc) is 2.25. The van der Waals surface area contributed by atoms with E-state index < -0.39 is 6.04 Å². The smallest absolute Gasteiger partial charge is 0.240 e. The summed E-state index contributed by atoms with van der Waals surface area (Å²) in [6.45, 7) is 5.72. The molecule has 0 aromatic heterocycles. The van der Waals surface area contributed by atoms with Crippen LogP contribution in [-0.4, -0.2) is 11.9 Å². The van der Waals surface area contributed by atoms with Crippen LogP contribution in [0.2, 0.25) is 0 Å². The number of nitrogens with two attached hydrogens (primary N) is 1. The van der Waals surface area contributed by atoms with E-state index in [1.54, 1.807) is 12.1 Å². The maximum Gasteiger partial charge on any atom is 0.240 e. The number of carbonyl (C=O) groups excluding carboxylic acids is 1. The number of carbonyl (C=O) groups is 1. The van der Waals surface area contributed by atoms with Gasteiger partial charge in [0.1, 0.15) is 6.04 Å². The molecule has 3 N–H and O–H groups in total. The van der Waals surface area contributed by atoms with Crippen LogP contribution in [-0.2, 0) is 4.79 Å². The second kappa shape index (κ2) is 5.35. The summed E-state index contributed by atoms with van der Waals surface area (Å²) in [5, 5.41) is 11.9. The number of benzene rings is 1. The molecule has 0 aliphatic rings. The summed E-state index contributed by atoms with van der Waals surface area (Å²) in [6.07, 6.45) is 0. The van der Waals surface area contributed by atoms with Crippen molar-refractivity contribution in [2.45, 2.75) is 26.8 Å². The van der Waals surface area contributed by atoms with Crippen molar-refractivity contribution >= 4 is 11.6 Å². The fourth-order valence-corrected chi connectivity index (χ4v) is 1.62. The zero-order valence-corrected chi connectivity index (χ0v) is 10.3. The van der Waals surface area contributed by atoms with Crippen LogP contribution in [0.3, 0.4) is 0 Å². The van der Waals surface area contributed by atoms with Gasteiger partial charge in [-0.2, -0.15) is 5.26 Å². The predicted octanol–water partition coefficient (Wildman–Crippen LogP) is 1.79. The molecule has 4 heteroatoms. The molecule has 17 heavy (non-hydrogen) atoms. The molecule has 0 fully saturated rings. The summed E-state index contributed by atoms with van der Waals surface area (Å²) in [5.74, 6) is -0.259. The minimum Gasteiger partial charge on any atom is -0.373 e. The van der Waals surface area contributed by atoms with Crippen LogP contribution in [0.5, 0.6) is 0 Å². The Hall–Kier alpha value is -2.02. The SMILES string of the molecule is Cc1cc(NC(C(N)=O)C(C)C)ccc1C#N. The van der Waals surface area contributed by atoms with Crippen molar-refractivity contribution in [3.8, 4) is 6.07 Å². The Kier molecular flexibility index (Phi) is 4.11. The Labute approximate surface area is 101 Å². The molecule has 0 spiro atoms. The molecule has 0 bridgehead atoms. The van der Waals surface area contributed by atoms with E-state index >= 15 is 0 Å². The zero-order valence-electron chi connectivity index (χ0n) is 10.3. The number of anilines is 1. The highest BCUT2D eigenvalue weighted by molar-refractivity contribution is 5.83. The lowest BCUT2D eigenvalue weighted by Gasteiger charge is -2.20. The summed E-state index contributed by atoms with van der Waals surface area (Å²) in [7, 11) is 0. The van der Waals surface area contributed by atoms with E-state index in [4.69, 9.17) is 11.0 Å². The van der Waals surface area contributed by atoms with Crippen molar-refractivity contribution < 1.29 is 4.79 Å². The van der Waals surface area contributed by atoms with Crippen LogP contribution in [0.15, 0.2) is 18.2 Å². The number of nitriles is 1. The molecule has 4 nitrogen and oxygen atoms in total. The first-order valence-corrected chi connectivity index (χ1v) is 5.52. The lowest BCUT2D eigenvalue weighted by atomic mass is 10.0. The molecule has 1 unspecified atom stereocenters. The van der Waals surface area contributed by atoms with Gasteiger partial charge in [-0.05, 0) is 36.6 Å². The number of aryl methyl sites for hydroxylation is 1. The summed E-state index contributed by atoms with van der Waals surface area (Å²) >= 11 is 0. The van der Waals surface area contributed by atoms with Crippen molar-refractivity contribution in [2.75, 3.05) is 5.32 Å². The molecule has 1 rings (SSSR count). The fraction of sp³-hybridized carbons (Fsp3) is 0.385. The lowest BCUT2D eigenvalue weighted by molar-refractivity contribution is -0.119. The Morgan fingerprint density at radius 2 is 2.12 bits per heavy atom. The van der Waals surface area contributed by atoms with Crippen molar-refractivity contribution in [3.05, 3.63) is 29.3 Å². The third-order valence-electron chi connectivity index (χ3n) is 2.64. The highest BCUT2D eigenvalue weighted by atomic mass is 16.1. The third-order valence-corrected chi connectivity index (χ3v) is 2.64. The van der Waals surface area contributed by atoms with E-state index in [9.17, 15) is 4.79 Å². The maximum absolute atomic E-state index is 11.3. The van der Waals surface area contributed by atoms with Gasteiger partial charge in [0.05, 0.1) is 11.6 Å². The number of nitrogens with zero attached hydrogens (tertiary/aromatic N) is 1. The second-order valence-electron chi connectivity index (χ2n) is 4.41. The normalized spacial score (nSPS) is 11.9. The van der Waals surface area contributed by atoms with Crippen molar-refractivity contribution in [3.63, 3.8) is 0 Å². The molecular weight excluding hydrogens is 214 g/mol. The molecule has 1 amide bonds. The molecular formula is C13H17N3O. The number of rotatable bonds is 4. The van der Waals surface area contributed by atoms with Crippen LogP contribution >= 0.6 is 0 Å². The summed E-state index contributed by atoms with van der Waals surface area (Å²) in [5.41, 5.74) is 7.64. The summed E-state index contributed by atoms with van der Waals surface area (Å²) in [6, 6.07) is 7.06. The lowest BCUT2D eigenvalue weighted by Crippen LogP contribution is -2.39. The Bertz CT molecular complexity index is 460. The third kappa shape index (κ3) is 3.22. The molecule has 0 saturated heterocycles. The van der Waals surface area contributed by atoms with Gasteiger partial charge in [0, 0.05) is 5.69 Å². The Morgan fingerprint density at radius 3 is 2.53 bits per heavy atom. The molecule has 0 aliphatic heterocycles. The van der Waals surface area contributed by atoms with Crippen LogP contribution in [0.1, 0.15) is 25.0 Å². The number of amides is 1. The number of hydrogen-bond acceptors (Lipinski definition) is 3. The largest absolute Gasteiger partial charge is 0.373 e. The predicted molar refractivity (Wildman–Crippen MR) is 67.3 cm³/mol. The first kappa shape index (κ1) is 13.0.